The third-order valence-corrected chi connectivity index (χ3v) is 4.34. The molecule has 0 aliphatic carbocycles. The minimum atomic E-state index is -0.688. The van der Waals surface area contributed by atoms with Crippen LogP contribution >= 0.6 is 0 Å². The molecule has 7 nitrogen and oxygen atoms in total. The van der Waals surface area contributed by atoms with Gasteiger partial charge in [-0.15, -0.1) is 0 Å². The van der Waals surface area contributed by atoms with E-state index in [1.807, 2.05) is 30.5 Å². The Labute approximate surface area is 163 Å². The van der Waals surface area contributed by atoms with Crippen LogP contribution in [0.2, 0.25) is 0 Å². The molecule has 0 saturated heterocycles. The molecule has 2 N–H and O–H groups in total. The second-order valence-corrected chi connectivity index (χ2v) is 6.96. The number of nitrogens with one attached hydrogen (secondary N) is 2. The standard InChI is InChI=1S/C21H24N4O3/c1-14(2)19-22-8-9-25(19)12-16-5-4-6-18(11-16)24-20(26)15(3)23-21(27)17-7-10-28-13-17/h4-11,13-15H,12H2,1-3H3,(H,23,27)(H,24,26). The van der Waals surface area contributed by atoms with E-state index in [0.717, 1.165) is 11.4 Å². The third kappa shape index (κ3) is 4.68. The van der Waals surface area contributed by atoms with Crippen molar-refractivity contribution in [1.82, 2.24) is 14.9 Å². The van der Waals surface area contributed by atoms with Crippen molar-refractivity contribution in [2.24, 2.45) is 0 Å². The Kier molecular flexibility index (Phi) is 5.93. The Morgan fingerprint density at radius 1 is 1.21 bits per heavy atom. The molecule has 146 valence electrons. The number of benzene rings is 1. The summed E-state index contributed by atoms with van der Waals surface area (Å²) in [6.07, 6.45) is 6.50. The summed E-state index contributed by atoms with van der Waals surface area (Å²) < 4.78 is 6.98. The first kappa shape index (κ1) is 19.4. The number of carbonyl (C=O) groups excluding carboxylic acids is 2. The van der Waals surface area contributed by atoms with Gasteiger partial charge in [-0.05, 0) is 30.7 Å². The molecule has 0 aliphatic rings. The molecule has 3 rings (SSSR count). The number of rotatable bonds is 7. The summed E-state index contributed by atoms with van der Waals surface area (Å²) in [4.78, 5) is 28.9. The average molecular weight is 380 g/mol. The Morgan fingerprint density at radius 2 is 2.04 bits per heavy atom. The molecule has 0 radical (unpaired) electrons. The first-order chi connectivity index (χ1) is 13.4. The van der Waals surface area contributed by atoms with E-state index < -0.39 is 6.04 Å². The lowest BCUT2D eigenvalue weighted by atomic mass is 10.1. The van der Waals surface area contributed by atoms with Gasteiger partial charge in [0, 0.05) is 30.5 Å². The average Bonchev–Trinajstić information content (AvgIpc) is 3.33. The van der Waals surface area contributed by atoms with E-state index in [0.29, 0.717) is 23.7 Å². The second-order valence-electron chi connectivity index (χ2n) is 6.96. The Morgan fingerprint density at radius 3 is 2.75 bits per heavy atom. The number of anilines is 1. The fourth-order valence-electron chi connectivity index (χ4n) is 2.89. The van der Waals surface area contributed by atoms with Crippen LogP contribution < -0.4 is 10.6 Å². The summed E-state index contributed by atoms with van der Waals surface area (Å²) in [6.45, 7) is 6.52. The van der Waals surface area contributed by atoms with Crippen molar-refractivity contribution >= 4 is 17.5 Å². The van der Waals surface area contributed by atoms with E-state index in [-0.39, 0.29) is 11.8 Å². The molecule has 1 aromatic carbocycles. The summed E-state index contributed by atoms with van der Waals surface area (Å²) in [5.41, 5.74) is 2.11. The first-order valence-corrected chi connectivity index (χ1v) is 9.18. The Balaban J connectivity index is 1.62. The smallest absolute Gasteiger partial charge is 0.255 e. The highest BCUT2D eigenvalue weighted by atomic mass is 16.3. The van der Waals surface area contributed by atoms with Gasteiger partial charge in [-0.3, -0.25) is 9.59 Å². The van der Waals surface area contributed by atoms with Crippen LogP contribution in [0, 0.1) is 0 Å². The fraction of sp³-hybridized carbons (Fsp3) is 0.286. The normalized spacial score (nSPS) is 12.0. The van der Waals surface area contributed by atoms with Gasteiger partial charge in [0.25, 0.3) is 5.91 Å². The number of hydrogen-bond acceptors (Lipinski definition) is 4. The van der Waals surface area contributed by atoms with Gasteiger partial charge in [0.2, 0.25) is 5.91 Å². The topological polar surface area (TPSA) is 89.2 Å². The molecule has 2 aromatic heterocycles. The Hall–Kier alpha value is -3.35. The van der Waals surface area contributed by atoms with E-state index in [1.165, 1.54) is 12.5 Å². The van der Waals surface area contributed by atoms with Crippen LogP contribution in [0.25, 0.3) is 0 Å². The number of nitrogens with zero attached hydrogens (tertiary/aromatic N) is 2. The molecule has 2 amide bonds. The van der Waals surface area contributed by atoms with Gasteiger partial charge >= 0.3 is 0 Å². The van der Waals surface area contributed by atoms with Gasteiger partial charge in [0.05, 0.1) is 11.8 Å². The quantitative estimate of drug-likeness (QED) is 0.657. The Bertz CT molecular complexity index is 944. The summed E-state index contributed by atoms with van der Waals surface area (Å²) in [5, 5.41) is 5.50. The molecule has 1 unspecified atom stereocenters. The van der Waals surface area contributed by atoms with Gasteiger partial charge in [-0.25, -0.2) is 4.98 Å². The molecule has 3 aromatic rings. The predicted octanol–water partition coefficient (Wildman–Crippen LogP) is 3.40. The first-order valence-electron chi connectivity index (χ1n) is 9.18. The van der Waals surface area contributed by atoms with Gasteiger partial charge in [-0.2, -0.15) is 0 Å². The van der Waals surface area contributed by atoms with E-state index in [9.17, 15) is 9.59 Å². The lowest BCUT2D eigenvalue weighted by Gasteiger charge is -2.15. The van der Waals surface area contributed by atoms with Crippen LogP contribution in [0.1, 0.15) is 48.4 Å². The van der Waals surface area contributed by atoms with Crippen LogP contribution in [0.3, 0.4) is 0 Å². The highest BCUT2D eigenvalue weighted by Crippen LogP contribution is 2.16. The van der Waals surface area contributed by atoms with Gasteiger partial charge in [0.1, 0.15) is 18.1 Å². The van der Waals surface area contributed by atoms with Crippen LogP contribution in [0.4, 0.5) is 5.69 Å². The number of amides is 2. The molecular weight excluding hydrogens is 356 g/mol. The van der Waals surface area contributed by atoms with E-state index in [2.05, 4.69) is 34.0 Å². The van der Waals surface area contributed by atoms with E-state index >= 15 is 0 Å². The molecule has 2 heterocycles. The molecular formula is C21H24N4O3. The van der Waals surface area contributed by atoms with Crippen LogP contribution in [-0.2, 0) is 11.3 Å². The molecule has 0 bridgehead atoms. The molecule has 1 atom stereocenters. The molecule has 0 spiro atoms. The largest absolute Gasteiger partial charge is 0.472 e. The van der Waals surface area contributed by atoms with Gasteiger partial charge < -0.3 is 19.6 Å². The fourth-order valence-corrected chi connectivity index (χ4v) is 2.89. The maximum absolute atomic E-state index is 12.4. The van der Waals surface area contributed by atoms with Crippen LogP contribution in [0.5, 0.6) is 0 Å². The molecule has 28 heavy (non-hydrogen) atoms. The summed E-state index contributed by atoms with van der Waals surface area (Å²) in [6, 6.07) is 8.50. The molecule has 0 aliphatic heterocycles. The second kappa shape index (κ2) is 8.56. The third-order valence-electron chi connectivity index (χ3n) is 4.34. The molecule has 0 saturated carbocycles. The van der Waals surface area contributed by atoms with Crippen molar-refractivity contribution < 1.29 is 14.0 Å². The number of furan rings is 1. The number of aromatic nitrogens is 2. The maximum atomic E-state index is 12.4. The number of hydrogen-bond donors (Lipinski definition) is 2. The summed E-state index contributed by atoms with van der Waals surface area (Å²) in [5.74, 6) is 0.702. The summed E-state index contributed by atoms with van der Waals surface area (Å²) in [7, 11) is 0. The van der Waals surface area contributed by atoms with Crippen molar-refractivity contribution in [1.29, 1.82) is 0 Å². The zero-order valence-electron chi connectivity index (χ0n) is 16.2. The van der Waals surface area contributed by atoms with Crippen molar-refractivity contribution in [2.75, 3.05) is 5.32 Å². The monoisotopic (exact) mass is 380 g/mol. The van der Waals surface area contributed by atoms with Crippen LogP contribution in [-0.4, -0.2) is 27.4 Å². The number of imidazole rings is 1. The maximum Gasteiger partial charge on any atom is 0.255 e. The molecule has 0 fully saturated rings. The lowest BCUT2D eigenvalue weighted by Crippen LogP contribution is -2.41. The van der Waals surface area contributed by atoms with E-state index in [4.69, 9.17) is 4.42 Å². The van der Waals surface area contributed by atoms with E-state index in [1.54, 1.807) is 19.2 Å². The van der Waals surface area contributed by atoms with Crippen LogP contribution in [0.15, 0.2) is 59.7 Å². The zero-order chi connectivity index (χ0) is 20.1. The molecule has 7 heteroatoms. The zero-order valence-corrected chi connectivity index (χ0v) is 16.2. The van der Waals surface area contributed by atoms with Gasteiger partial charge in [0.15, 0.2) is 0 Å². The SMILES string of the molecule is CC(NC(=O)c1ccoc1)C(=O)Nc1cccc(Cn2ccnc2C(C)C)c1. The summed E-state index contributed by atoms with van der Waals surface area (Å²) >= 11 is 0. The predicted molar refractivity (Wildman–Crippen MR) is 106 cm³/mol. The van der Waals surface area contributed by atoms with Crippen molar-refractivity contribution in [3.8, 4) is 0 Å². The number of carbonyl (C=O) groups is 2. The lowest BCUT2D eigenvalue weighted by molar-refractivity contribution is -0.117. The highest BCUT2D eigenvalue weighted by Gasteiger charge is 2.17. The minimum Gasteiger partial charge on any atom is -0.472 e. The van der Waals surface area contributed by atoms with Crippen molar-refractivity contribution in [2.45, 2.75) is 39.3 Å². The highest BCUT2D eigenvalue weighted by molar-refractivity contribution is 6.00. The minimum absolute atomic E-state index is 0.292. The van der Waals surface area contributed by atoms with Gasteiger partial charge in [-0.1, -0.05) is 26.0 Å². The van der Waals surface area contributed by atoms with Crippen molar-refractivity contribution in [3.05, 3.63) is 72.2 Å². The van der Waals surface area contributed by atoms with Crippen molar-refractivity contribution in [3.63, 3.8) is 0 Å².